The van der Waals surface area contributed by atoms with Gasteiger partial charge in [0.2, 0.25) is 5.78 Å². The number of hydrogen-bond acceptors (Lipinski definition) is 5. The van der Waals surface area contributed by atoms with E-state index in [1.54, 1.807) is 19.2 Å². The first kappa shape index (κ1) is 18.8. The van der Waals surface area contributed by atoms with Crippen LogP contribution in [0.15, 0.2) is 30.3 Å². The van der Waals surface area contributed by atoms with Gasteiger partial charge in [0.1, 0.15) is 28.4 Å². The van der Waals surface area contributed by atoms with Crippen molar-refractivity contribution in [3.05, 3.63) is 52.6 Å². The van der Waals surface area contributed by atoms with E-state index in [9.17, 15) is 9.90 Å². The number of ketones is 1. The van der Waals surface area contributed by atoms with Crippen molar-refractivity contribution in [2.45, 2.75) is 44.8 Å². The number of aliphatic hydroxyl groups is 1. The van der Waals surface area contributed by atoms with Crippen LogP contribution in [0.2, 0.25) is 0 Å². The van der Waals surface area contributed by atoms with Crippen molar-refractivity contribution in [1.82, 2.24) is 0 Å². The zero-order valence-electron chi connectivity index (χ0n) is 16.6. The van der Waals surface area contributed by atoms with Gasteiger partial charge >= 0.3 is 0 Å². The number of rotatable bonds is 5. The van der Waals surface area contributed by atoms with Crippen molar-refractivity contribution >= 4 is 5.78 Å². The van der Waals surface area contributed by atoms with Gasteiger partial charge in [0, 0.05) is 17.0 Å². The Morgan fingerprint density at radius 1 is 1.21 bits per heavy atom. The molecule has 2 aliphatic rings. The lowest BCUT2D eigenvalue weighted by Crippen LogP contribution is -2.41. The molecule has 0 spiro atoms. The molecule has 2 atom stereocenters. The topological polar surface area (TPSA) is 65.0 Å². The first-order valence-electron chi connectivity index (χ1n) is 9.73. The Kier molecular flexibility index (Phi) is 4.79. The van der Waals surface area contributed by atoms with Crippen LogP contribution >= 0.6 is 0 Å². The standard InChI is InChI=1S/C23H26O5/c1-23-11-7-10-15(23)12-16-20(26-2)17(13-24)21(27-3)18(22(16)28-23)19(25)14-8-5-4-6-9-14/h4-6,8-9,15,24H,7,10-13H2,1-3H3. The summed E-state index contributed by atoms with van der Waals surface area (Å²) in [6.07, 6.45) is 3.91. The van der Waals surface area contributed by atoms with Gasteiger partial charge in [0.05, 0.1) is 26.4 Å². The second-order valence-electron chi connectivity index (χ2n) is 7.79. The van der Waals surface area contributed by atoms with Crippen LogP contribution in [0.5, 0.6) is 17.2 Å². The van der Waals surface area contributed by atoms with Crippen molar-refractivity contribution in [3.63, 3.8) is 0 Å². The van der Waals surface area contributed by atoms with Crippen molar-refractivity contribution in [1.29, 1.82) is 0 Å². The van der Waals surface area contributed by atoms with Gasteiger partial charge < -0.3 is 19.3 Å². The van der Waals surface area contributed by atoms with Crippen molar-refractivity contribution in [2.75, 3.05) is 14.2 Å². The Balaban J connectivity index is 1.99. The quantitative estimate of drug-likeness (QED) is 0.794. The summed E-state index contributed by atoms with van der Waals surface area (Å²) in [5.74, 6) is 1.62. The van der Waals surface area contributed by atoms with Gasteiger partial charge in [-0.3, -0.25) is 4.79 Å². The Morgan fingerprint density at radius 3 is 2.57 bits per heavy atom. The minimum absolute atomic E-state index is 0.175. The second kappa shape index (κ2) is 7.13. The third-order valence-electron chi connectivity index (χ3n) is 6.25. The number of carbonyl (C=O) groups is 1. The molecule has 1 fully saturated rings. The minimum atomic E-state index is -0.296. The lowest BCUT2D eigenvalue weighted by Gasteiger charge is -2.40. The molecule has 0 bridgehead atoms. The number of carbonyl (C=O) groups excluding carboxylic acids is 1. The molecule has 5 heteroatoms. The van der Waals surface area contributed by atoms with E-state index in [-0.39, 0.29) is 18.0 Å². The summed E-state index contributed by atoms with van der Waals surface area (Å²) >= 11 is 0. The summed E-state index contributed by atoms with van der Waals surface area (Å²) in [4.78, 5) is 13.5. The monoisotopic (exact) mass is 382 g/mol. The van der Waals surface area contributed by atoms with Crippen LogP contribution in [0.3, 0.4) is 0 Å². The molecule has 0 saturated heterocycles. The summed E-state index contributed by atoms with van der Waals surface area (Å²) in [6, 6.07) is 9.09. The highest BCUT2D eigenvalue weighted by Gasteiger charge is 2.47. The molecule has 28 heavy (non-hydrogen) atoms. The van der Waals surface area contributed by atoms with Crippen LogP contribution in [-0.4, -0.2) is 30.7 Å². The Hall–Kier alpha value is -2.53. The van der Waals surface area contributed by atoms with Gasteiger partial charge in [0.15, 0.2) is 0 Å². The molecule has 0 radical (unpaired) electrons. The van der Waals surface area contributed by atoms with Crippen LogP contribution in [0.4, 0.5) is 0 Å². The molecule has 0 aromatic heterocycles. The molecule has 1 aliphatic carbocycles. The van der Waals surface area contributed by atoms with Gasteiger partial charge in [-0.15, -0.1) is 0 Å². The van der Waals surface area contributed by atoms with Crippen LogP contribution in [-0.2, 0) is 13.0 Å². The van der Waals surface area contributed by atoms with E-state index < -0.39 is 0 Å². The molecule has 1 N–H and O–H groups in total. The summed E-state index contributed by atoms with van der Waals surface area (Å²) in [7, 11) is 3.08. The number of methoxy groups -OCH3 is 2. The molecule has 0 amide bonds. The van der Waals surface area contributed by atoms with Crippen LogP contribution in [0.1, 0.15) is 53.2 Å². The highest BCUT2D eigenvalue weighted by Crippen LogP contribution is 2.54. The smallest absolute Gasteiger partial charge is 0.200 e. The highest BCUT2D eigenvalue weighted by molar-refractivity contribution is 6.13. The van der Waals surface area contributed by atoms with E-state index in [0.717, 1.165) is 31.2 Å². The van der Waals surface area contributed by atoms with Gasteiger partial charge in [-0.1, -0.05) is 30.3 Å². The Morgan fingerprint density at radius 2 is 1.93 bits per heavy atom. The van der Waals surface area contributed by atoms with Crippen LogP contribution < -0.4 is 14.2 Å². The zero-order chi connectivity index (χ0) is 19.9. The number of fused-ring (bicyclic) bond motifs is 2. The average Bonchev–Trinajstić information content (AvgIpc) is 3.10. The first-order chi connectivity index (χ1) is 13.5. The maximum absolute atomic E-state index is 13.5. The largest absolute Gasteiger partial charge is 0.496 e. The van der Waals surface area contributed by atoms with E-state index in [2.05, 4.69) is 6.92 Å². The summed E-state index contributed by atoms with van der Waals surface area (Å²) in [5.41, 5.74) is 1.99. The lowest BCUT2D eigenvalue weighted by atomic mass is 9.81. The normalized spacial score (nSPS) is 22.8. The van der Waals surface area contributed by atoms with Crippen LogP contribution in [0, 0.1) is 5.92 Å². The summed E-state index contributed by atoms with van der Waals surface area (Å²) in [6.45, 7) is 1.85. The van der Waals surface area contributed by atoms with Gasteiger partial charge in [-0.25, -0.2) is 0 Å². The number of ether oxygens (including phenoxy) is 3. The lowest BCUT2D eigenvalue weighted by molar-refractivity contribution is 0.0302. The fourth-order valence-corrected chi connectivity index (χ4v) is 4.79. The van der Waals surface area contributed by atoms with Crippen molar-refractivity contribution in [3.8, 4) is 17.2 Å². The molecule has 1 heterocycles. The van der Waals surface area contributed by atoms with Gasteiger partial charge in [-0.2, -0.15) is 0 Å². The number of benzene rings is 2. The molecule has 148 valence electrons. The number of aliphatic hydroxyl groups excluding tert-OH is 1. The fraction of sp³-hybridized carbons (Fsp3) is 0.435. The minimum Gasteiger partial charge on any atom is -0.496 e. The number of hydrogen-bond donors (Lipinski definition) is 1. The first-order valence-corrected chi connectivity index (χ1v) is 9.73. The van der Waals surface area contributed by atoms with E-state index in [4.69, 9.17) is 14.2 Å². The molecular formula is C23H26O5. The average molecular weight is 382 g/mol. The Bertz CT molecular complexity index is 905. The van der Waals surface area contributed by atoms with E-state index in [1.165, 1.54) is 7.11 Å². The van der Waals surface area contributed by atoms with E-state index in [1.807, 2.05) is 18.2 Å². The summed E-state index contributed by atoms with van der Waals surface area (Å²) < 4.78 is 17.8. The predicted molar refractivity (Wildman–Crippen MR) is 105 cm³/mol. The highest BCUT2D eigenvalue weighted by atomic mass is 16.5. The molecule has 2 aromatic carbocycles. The maximum atomic E-state index is 13.5. The van der Waals surface area contributed by atoms with Crippen molar-refractivity contribution < 1.29 is 24.1 Å². The Labute approximate surface area is 165 Å². The fourth-order valence-electron chi connectivity index (χ4n) is 4.79. The molecule has 5 nitrogen and oxygen atoms in total. The van der Waals surface area contributed by atoms with Crippen molar-refractivity contribution in [2.24, 2.45) is 5.92 Å². The maximum Gasteiger partial charge on any atom is 0.200 e. The van der Waals surface area contributed by atoms with E-state index in [0.29, 0.717) is 39.9 Å². The van der Waals surface area contributed by atoms with Gasteiger partial charge in [0.25, 0.3) is 0 Å². The molecule has 2 aromatic rings. The molecule has 1 aliphatic heterocycles. The second-order valence-corrected chi connectivity index (χ2v) is 7.79. The SMILES string of the molecule is COc1c(CO)c(OC)c(C(=O)c2ccccc2)c2c1CC1CCCC1(C)O2. The van der Waals surface area contributed by atoms with Gasteiger partial charge in [-0.05, 0) is 32.6 Å². The summed E-state index contributed by atoms with van der Waals surface area (Å²) in [5, 5.41) is 10.1. The van der Waals surface area contributed by atoms with E-state index >= 15 is 0 Å². The molecular weight excluding hydrogens is 356 g/mol. The predicted octanol–water partition coefficient (Wildman–Crippen LogP) is 3.92. The van der Waals surface area contributed by atoms with Crippen LogP contribution in [0.25, 0.3) is 0 Å². The molecule has 2 unspecified atom stereocenters. The molecule has 1 saturated carbocycles. The molecule has 4 rings (SSSR count). The zero-order valence-corrected chi connectivity index (χ0v) is 16.6. The third-order valence-corrected chi connectivity index (χ3v) is 6.25. The third kappa shape index (κ3) is 2.76.